The summed E-state index contributed by atoms with van der Waals surface area (Å²) in [5.74, 6) is 1.46. The minimum atomic E-state index is -0.679. The van der Waals surface area contributed by atoms with Crippen molar-refractivity contribution in [1.29, 1.82) is 0 Å². The number of carbonyl (C=O) groups excluding carboxylic acids is 2. The van der Waals surface area contributed by atoms with Crippen molar-refractivity contribution in [1.82, 2.24) is 30.0 Å². The van der Waals surface area contributed by atoms with E-state index in [1.54, 1.807) is 15.9 Å². The molecule has 3 aromatic rings. The van der Waals surface area contributed by atoms with Gasteiger partial charge in [0.15, 0.2) is 11.5 Å². The third kappa shape index (κ3) is 4.50. The van der Waals surface area contributed by atoms with E-state index in [1.165, 1.54) is 4.80 Å². The molecule has 0 bridgehead atoms. The number of para-hydroxylation sites is 2. The number of aromatic nitrogens is 4. The van der Waals surface area contributed by atoms with Crippen molar-refractivity contribution in [3.63, 3.8) is 0 Å². The van der Waals surface area contributed by atoms with E-state index in [2.05, 4.69) is 15.4 Å². The molecule has 1 atom stereocenters. The Labute approximate surface area is 190 Å². The molecule has 0 saturated carbocycles. The van der Waals surface area contributed by atoms with Crippen LogP contribution >= 0.6 is 0 Å². The standard InChI is InChI=1S/C23H24N6O4/c1-16-6-8-17(9-7-16)22-24-26-29(25-22)14-21(30)27-10-12-28(13-11-27)23(31)20-15-32-18-4-2-3-5-19(18)33-20/h2-9,20H,10-15H2,1H3/t20-/m0/s1. The molecule has 1 saturated heterocycles. The summed E-state index contributed by atoms with van der Waals surface area (Å²) >= 11 is 0. The summed E-state index contributed by atoms with van der Waals surface area (Å²) in [6.07, 6.45) is -0.679. The van der Waals surface area contributed by atoms with Crippen molar-refractivity contribution in [2.75, 3.05) is 32.8 Å². The van der Waals surface area contributed by atoms with Gasteiger partial charge in [-0.05, 0) is 24.3 Å². The number of rotatable bonds is 4. The van der Waals surface area contributed by atoms with Gasteiger partial charge >= 0.3 is 0 Å². The molecule has 0 unspecified atom stereocenters. The van der Waals surface area contributed by atoms with Gasteiger partial charge in [0.1, 0.15) is 13.2 Å². The minimum absolute atomic E-state index is 0.00314. The van der Waals surface area contributed by atoms with Crippen LogP contribution in [0.3, 0.4) is 0 Å². The minimum Gasteiger partial charge on any atom is -0.485 e. The van der Waals surface area contributed by atoms with Crippen LogP contribution in [0.25, 0.3) is 11.4 Å². The van der Waals surface area contributed by atoms with Gasteiger partial charge in [-0.2, -0.15) is 4.80 Å². The highest BCUT2D eigenvalue weighted by Gasteiger charge is 2.33. The van der Waals surface area contributed by atoms with Crippen LogP contribution in [-0.2, 0) is 16.1 Å². The number of benzene rings is 2. The van der Waals surface area contributed by atoms with Gasteiger partial charge in [0.05, 0.1) is 0 Å². The lowest BCUT2D eigenvalue weighted by Gasteiger charge is -2.37. The summed E-state index contributed by atoms with van der Waals surface area (Å²) in [6.45, 7) is 3.94. The van der Waals surface area contributed by atoms with Gasteiger partial charge in [-0.3, -0.25) is 9.59 Å². The average molecular weight is 448 g/mol. The second-order valence-corrected chi connectivity index (χ2v) is 8.08. The van der Waals surface area contributed by atoms with Crippen LogP contribution in [0.15, 0.2) is 48.5 Å². The number of nitrogens with zero attached hydrogens (tertiary/aromatic N) is 6. The van der Waals surface area contributed by atoms with Crippen molar-refractivity contribution in [3.05, 3.63) is 54.1 Å². The summed E-state index contributed by atoms with van der Waals surface area (Å²) in [4.78, 5) is 30.3. The van der Waals surface area contributed by atoms with E-state index in [9.17, 15) is 9.59 Å². The largest absolute Gasteiger partial charge is 0.485 e. The fraction of sp³-hybridized carbons (Fsp3) is 0.348. The van der Waals surface area contributed by atoms with E-state index < -0.39 is 6.10 Å². The number of carbonyl (C=O) groups is 2. The highest BCUT2D eigenvalue weighted by molar-refractivity contribution is 5.82. The normalized spacial score (nSPS) is 17.7. The second-order valence-electron chi connectivity index (χ2n) is 8.08. The van der Waals surface area contributed by atoms with Crippen LogP contribution in [0, 0.1) is 6.92 Å². The predicted octanol–water partition coefficient (Wildman–Crippen LogP) is 1.16. The van der Waals surface area contributed by atoms with Crippen LogP contribution in [0.1, 0.15) is 5.56 Å². The molecule has 2 aliphatic heterocycles. The quantitative estimate of drug-likeness (QED) is 0.590. The smallest absolute Gasteiger partial charge is 0.267 e. The molecule has 2 aliphatic rings. The number of aryl methyl sites for hydroxylation is 1. The molecule has 5 rings (SSSR count). The Morgan fingerprint density at radius 1 is 0.970 bits per heavy atom. The van der Waals surface area contributed by atoms with Gasteiger partial charge in [-0.15, -0.1) is 10.2 Å². The number of hydrogen-bond acceptors (Lipinski definition) is 7. The van der Waals surface area contributed by atoms with Crippen molar-refractivity contribution >= 4 is 11.8 Å². The van der Waals surface area contributed by atoms with Gasteiger partial charge in [0.2, 0.25) is 17.8 Å². The highest BCUT2D eigenvalue weighted by Crippen LogP contribution is 2.31. The fourth-order valence-electron chi connectivity index (χ4n) is 3.87. The van der Waals surface area contributed by atoms with E-state index >= 15 is 0 Å². The fourth-order valence-corrected chi connectivity index (χ4v) is 3.87. The maximum absolute atomic E-state index is 12.9. The van der Waals surface area contributed by atoms with Crippen molar-refractivity contribution in [2.45, 2.75) is 19.6 Å². The van der Waals surface area contributed by atoms with E-state index in [1.807, 2.05) is 49.4 Å². The molecule has 0 spiro atoms. The van der Waals surface area contributed by atoms with Gasteiger partial charge in [0, 0.05) is 31.7 Å². The Morgan fingerprint density at radius 3 is 2.42 bits per heavy atom. The van der Waals surface area contributed by atoms with Crippen molar-refractivity contribution in [3.8, 4) is 22.9 Å². The Kier molecular flexibility index (Phi) is 5.64. The molecule has 10 heteroatoms. The third-order valence-electron chi connectivity index (χ3n) is 5.77. The number of tetrazole rings is 1. The molecule has 1 aromatic heterocycles. The summed E-state index contributed by atoms with van der Waals surface area (Å²) in [5.41, 5.74) is 1.99. The van der Waals surface area contributed by atoms with E-state index in [-0.39, 0.29) is 25.0 Å². The lowest BCUT2D eigenvalue weighted by atomic mass is 10.1. The molecule has 1 fully saturated rings. The Balaban J connectivity index is 1.13. The average Bonchev–Trinajstić information content (AvgIpc) is 3.32. The first-order valence-corrected chi connectivity index (χ1v) is 10.9. The zero-order valence-electron chi connectivity index (χ0n) is 18.3. The molecule has 0 radical (unpaired) electrons. The molecule has 33 heavy (non-hydrogen) atoms. The number of amides is 2. The number of hydrogen-bond donors (Lipinski definition) is 0. The summed E-state index contributed by atoms with van der Waals surface area (Å²) in [5, 5.41) is 12.4. The first-order chi connectivity index (χ1) is 16.1. The van der Waals surface area contributed by atoms with E-state index in [4.69, 9.17) is 9.47 Å². The predicted molar refractivity (Wildman–Crippen MR) is 118 cm³/mol. The van der Waals surface area contributed by atoms with Gasteiger partial charge in [-0.1, -0.05) is 42.0 Å². The Hall–Kier alpha value is -3.95. The Morgan fingerprint density at radius 2 is 1.67 bits per heavy atom. The maximum Gasteiger partial charge on any atom is 0.267 e. The highest BCUT2D eigenvalue weighted by atomic mass is 16.6. The summed E-state index contributed by atoms with van der Waals surface area (Å²) in [7, 11) is 0. The van der Waals surface area contributed by atoms with Gasteiger partial charge in [0.25, 0.3) is 5.91 Å². The van der Waals surface area contributed by atoms with Crippen LogP contribution in [-0.4, -0.2) is 80.7 Å². The molecule has 2 aromatic carbocycles. The molecule has 3 heterocycles. The molecular weight excluding hydrogens is 424 g/mol. The van der Waals surface area contributed by atoms with E-state index in [0.717, 1.165) is 11.1 Å². The molecule has 2 amide bonds. The monoisotopic (exact) mass is 448 g/mol. The van der Waals surface area contributed by atoms with Crippen LogP contribution in [0.2, 0.25) is 0 Å². The van der Waals surface area contributed by atoms with Crippen LogP contribution in [0.4, 0.5) is 0 Å². The van der Waals surface area contributed by atoms with Crippen LogP contribution in [0.5, 0.6) is 11.5 Å². The maximum atomic E-state index is 12.9. The molecule has 10 nitrogen and oxygen atoms in total. The van der Waals surface area contributed by atoms with Gasteiger partial charge in [-0.25, -0.2) is 0 Å². The topological polar surface area (TPSA) is 103 Å². The SMILES string of the molecule is Cc1ccc(-c2nnn(CC(=O)N3CCN(C(=O)[C@@H]4COc5ccccc5O4)CC3)n2)cc1. The second kappa shape index (κ2) is 8.89. The summed E-state index contributed by atoms with van der Waals surface area (Å²) < 4.78 is 11.5. The number of ether oxygens (including phenoxy) is 2. The first kappa shape index (κ1) is 20.9. The lowest BCUT2D eigenvalue weighted by Crippen LogP contribution is -2.55. The van der Waals surface area contributed by atoms with Crippen molar-refractivity contribution < 1.29 is 19.1 Å². The molecule has 170 valence electrons. The van der Waals surface area contributed by atoms with Gasteiger partial charge < -0.3 is 19.3 Å². The molecular formula is C23H24N6O4. The first-order valence-electron chi connectivity index (χ1n) is 10.9. The van der Waals surface area contributed by atoms with Crippen LogP contribution < -0.4 is 9.47 Å². The Bertz CT molecular complexity index is 1150. The third-order valence-corrected chi connectivity index (χ3v) is 5.77. The number of fused-ring (bicyclic) bond motifs is 1. The van der Waals surface area contributed by atoms with Crippen molar-refractivity contribution in [2.24, 2.45) is 0 Å². The van der Waals surface area contributed by atoms with E-state index in [0.29, 0.717) is 43.5 Å². The number of piperazine rings is 1. The molecule has 0 aliphatic carbocycles. The zero-order chi connectivity index (χ0) is 22.8. The summed E-state index contributed by atoms with van der Waals surface area (Å²) in [6, 6.07) is 15.1. The lowest BCUT2D eigenvalue weighted by molar-refractivity contribution is -0.146. The zero-order valence-corrected chi connectivity index (χ0v) is 18.3. The molecule has 0 N–H and O–H groups in total.